The highest BCUT2D eigenvalue weighted by atomic mass is 32.2. The Labute approximate surface area is 192 Å². The maximum absolute atomic E-state index is 12.7. The molecule has 1 aromatic heterocycles. The first-order valence-corrected chi connectivity index (χ1v) is 11.9. The molecule has 1 N–H and O–H groups in total. The number of esters is 1. The van der Waals surface area contributed by atoms with Crippen LogP contribution >= 0.6 is 0 Å². The molecule has 0 bridgehead atoms. The van der Waals surface area contributed by atoms with E-state index in [-0.39, 0.29) is 13.0 Å². The van der Waals surface area contributed by atoms with Crippen molar-refractivity contribution in [3.05, 3.63) is 95.2 Å². The van der Waals surface area contributed by atoms with E-state index in [1.165, 1.54) is 6.08 Å². The van der Waals surface area contributed by atoms with Gasteiger partial charge in [0.05, 0.1) is 24.8 Å². The van der Waals surface area contributed by atoms with E-state index in [4.69, 9.17) is 4.74 Å². The molecule has 0 saturated heterocycles. The number of nitrogens with one attached hydrogen (secondary N) is 1. The molecular weight excluding hydrogens is 442 g/mol. The van der Waals surface area contributed by atoms with E-state index < -0.39 is 27.8 Å². The summed E-state index contributed by atoms with van der Waals surface area (Å²) in [4.78, 5) is 25.2. The van der Waals surface area contributed by atoms with Crippen LogP contribution in [0.2, 0.25) is 0 Å². The Balaban J connectivity index is 1.71. The SMILES string of the molecule is CCOC(=O)C(Cc1cnn(Cc2ccccc2)c1)C(=O)NS(=O)(=O)C=Cc1ccccc1. The van der Waals surface area contributed by atoms with Crippen molar-refractivity contribution in [2.24, 2.45) is 5.92 Å². The molecule has 0 saturated carbocycles. The molecule has 9 heteroatoms. The van der Waals surface area contributed by atoms with Crippen LogP contribution in [-0.4, -0.2) is 36.7 Å². The molecule has 0 spiro atoms. The highest BCUT2D eigenvalue weighted by Crippen LogP contribution is 2.13. The number of hydrogen-bond donors (Lipinski definition) is 1. The van der Waals surface area contributed by atoms with Crippen LogP contribution in [0.3, 0.4) is 0 Å². The molecule has 2 aromatic carbocycles. The van der Waals surface area contributed by atoms with Crippen LogP contribution in [0.25, 0.3) is 6.08 Å². The standard InChI is InChI=1S/C24H25N3O5S/c1-2-32-24(29)22(15-21-16-25-27(18-21)17-20-11-7-4-8-12-20)23(28)26-33(30,31)14-13-19-9-5-3-6-10-19/h3-14,16,18,22H,2,15,17H2,1H3,(H,26,28). The number of aromatic nitrogens is 2. The number of ether oxygens (including phenoxy) is 1. The number of carbonyl (C=O) groups excluding carboxylic acids is 2. The zero-order valence-electron chi connectivity index (χ0n) is 18.1. The van der Waals surface area contributed by atoms with Gasteiger partial charge < -0.3 is 4.74 Å². The molecule has 0 aliphatic carbocycles. The van der Waals surface area contributed by atoms with Crippen LogP contribution in [0.1, 0.15) is 23.6 Å². The first kappa shape index (κ1) is 23.9. The van der Waals surface area contributed by atoms with Crippen LogP contribution in [0.15, 0.2) is 78.5 Å². The van der Waals surface area contributed by atoms with Gasteiger partial charge in [-0.25, -0.2) is 13.1 Å². The van der Waals surface area contributed by atoms with E-state index >= 15 is 0 Å². The molecule has 0 aliphatic heterocycles. The Morgan fingerprint density at radius 1 is 1.06 bits per heavy atom. The van der Waals surface area contributed by atoms with Crippen molar-refractivity contribution in [2.75, 3.05) is 6.61 Å². The number of sulfonamides is 1. The summed E-state index contributed by atoms with van der Waals surface area (Å²) in [5.41, 5.74) is 2.31. The Bertz CT molecular complexity index is 1210. The Hall–Kier alpha value is -3.72. The lowest BCUT2D eigenvalue weighted by molar-refractivity contribution is -0.151. The van der Waals surface area contributed by atoms with Crippen molar-refractivity contribution in [1.29, 1.82) is 0 Å². The first-order chi connectivity index (χ1) is 15.9. The normalized spacial score (nSPS) is 12.4. The largest absolute Gasteiger partial charge is 0.465 e. The van der Waals surface area contributed by atoms with Gasteiger partial charge in [0, 0.05) is 6.20 Å². The lowest BCUT2D eigenvalue weighted by Gasteiger charge is -2.14. The van der Waals surface area contributed by atoms with E-state index in [9.17, 15) is 18.0 Å². The monoisotopic (exact) mass is 467 g/mol. The predicted octanol–water partition coefficient (Wildman–Crippen LogP) is 2.77. The van der Waals surface area contributed by atoms with Crippen molar-refractivity contribution in [3.63, 3.8) is 0 Å². The van der Waals surface area contributed by atoms with E-state index in [0.717, 1.165) is 11.0 Å². The fourth-order valence-corrected chi connectivity index (χ4v) is 3.94. The minimum atomic E-state index is -4.11. The smallest absolute Gasteiger partial charge is 0.318 e. The van der Waals surface area contributed by atoms with Gasteiger partial charge in [0.25, 0.3) is 10.0 Å². The molecule has 1 atom stereocenters. The van der Waals surface area contributed by atoms with Gasteiger partial charge in [-0.15, -0.1) is 0 Å². The zero-order chi connectivity index (χ0) is 23.7. The summed E-state index contributed by atoms with van der Waals surface area (Å²) in [7, 11) is -4.11. The van der Waals surface area contributed by atoms with Crippen molar-refractivity contribution < 1.29 is 22.7 Å². The predicted molar refractivity (Wildman–Crippen MR) is 124 cm³/mol. The number of rotatable bonds is 10. The maximum atomic E-state index is 12.7. The lowest BCUT2D eigenvalue weighted by atomic mass is 10.0. The van der Waals surface area contributed by atoms with E-state index in [1.54, 1.807) is 54.3 Å². The van der Waals surface area contributed by atoms with Crippen LogP contribution < -0.4 is 4.72 Å². The first-order valence-electron chi connectivity index (χ1n) is 10.4. The highest BCUT2D eigenvalue weighted by Gasteiger charge is 2.31. The van der Waals surface area contributed by atoms with E-state index in [0.29, 0.717) is 17.7 Å². The molecule has 3 rings (SSSR count). The van der Waals surface area contributed by atoms with Crippen molar-refractivity contribution in [3.8, 4) is 0 Å². The van der Waals surface area contributed by atoms with Gasteiger partial charge >= 0.3 is 5.97 Å². The molecule has 172 valence electrons. The van der Waals surface area contributed by atoms with Gasteiger partial charge in [-0.1, -0.05) is 60.7 Å². The van der Waals surface area contributed by atoms with E-state index in [1.807, 2.05) is 35.1 Å². The second-order valence-corrected chi connectivity index (χ2v) is 8.83. The highest BCUT2D eigenvalue weighted by molar-refractivity contribution is 7.93. The fraction of sp³-hybridized carbons (Fsp3) is 0.208. The van der Waals surface area contributed by atoms with Gasteiger partial charge in [-0.05, 0) is 36.1 Å². The fourth-order valence-electron chi connectivity index (χ4n) is 3.11. The van der Waals surface area contributed by atoms with Gasteiger partial charge in [0.15, 0.2) is 0 Å². The Morgan fingerprint density at radius 2 is 1.73 bits per heavy atom. The third-order valence-electron chi connectivity index (χ3n) is 4.68. The van der Waals surface area contributed by atoms with Crippen molar-refractivity contribution in [2.45, 2.75) is 19.9 Å². The average molecular weight is 468 g/mol. The summed E-state index contributed by atoms with van der Waals surface area (Å²) in [6.07, 6.45) is 4.59. The molecule has 1 heterocycles. The number of carbonyl (C=O) groups is 2. The van der Waals surface area contributed by atoms with E-state index in [2.05, 4.69) is 5.10 Å². The molecule has 3 aromatic rings. The van der Waals surface area contributed by atoms with Crippen molar-refractivity contribution >= 4 is 28.0 Å². The molecule has 0 fully saturated rings. The Morgan fingerprint density at radius 3 is 2.39 bits per heavy atom. The molecule has 1 unspecified atom stereocenters. The minimum absolute atomic E-state index is 0.0443. The zero-order valence-corrected chi connectivity index (χ0v) is 18.9. The molecule has 1 amide bonds. The maximum Gasteiger partial charge on any atom is 0.318 e. The van der Waals surface area contributed by atoms with Crippen LogP contribution in [-0.2, 0) is 37.3 Å². The number of amides is 1. The third-order valence-corrected chi connectivity index (χ3v) is 5.66. The number of hydrogen-bond acceptors (Lipinski definition) is 6. The third kappa shape index (κ3) is 7.43. The van der Waals surface area contributed by atoms with Gasteiger partial charge in [-0.2, -0.15) is 5.10 Å². The van der Waals surface area contributed by atoms with Crippen LogP contribution in [0.5, 0.6) is 0 Å². The minimum Gasteiger partial charge on any atom is -0.465 e. The number of benzene rings is 2. The lowest BCUT2D eigenvalue weighted by Crippen LogP contribution is -2.40. The summed E-state index contributed by atoms with van der Waals surface area (Å²) >= 11 is 0. The number of nitrogens with zero attached hydrogens (tertiary/aromatic N) is 2. The molecular formula is C24H25N3O5S. The molecule has 0 aliphatic rings. The topological polar surface area (TPSA) is 107 Å². The molecule has 0 radical (unpaired) electrons. The summed E-state index contributed by atoms with van der Waals surface area (Å²) in [6.45, 7) is 2.20. The second kappa shape index (κ2) is 11.2. The average Bonchev–Trinajstić information content (AvgIpc) is 3.24. The van der Waals surface area contributed by atoms with Crippen LogP contribution in [0.4, 0.5) is 0 Å². The van der Waals surface area contributed by atoms with Gasteiger partial charge in [0.2, 0.25) is 5.91 Å². The Kier molecular flexibility index (Phi) is 8.15. The van der Waals surface area contributed by atoms with Gasteiger partial charge in [-0.3, -0.25) is 14.3 Å². The summed E-state index contributed by atoms with van der Waals surface area (Å²) in [5.74, 6) is -3.09. The molecule has 33 heavy (non-hydrogen) atoms. The van der Waals surface area contributed by atoms with Gasteiger partial charge in [0.1, 0.15) is 5.92 Å². The summed E-state index contributed by atoms with van der Waals surface area (Å²) < 4.78 is 33.4. The second-order valence-electron chi connectivity index (χ2n) is 7.27. The molecule has 8 nitrogen and oxygen atoms in total. The summed E-state index contributed by atoms with van der Waals surface area (Å²) in [5, 5.41) is 5.16. The van der Waals surface area contributed by atoms with Crippen LogP contribution in [0, 0.1) is 5.92 Å². The quantitative estimate of drug-likeness (QED) is 0.363. The summed E-state index contributed by atoms with van der Waals surface area (Å²) in [6, 6.07) is 18.5. The van der Waals surface area contributed by atoms with Crippen molar-refractivity contribution in [1.82, 2.24) is 14.5 Å².